The van der Waals surface area contributed by atoms with Crippen LogP contribution in [0.4, 0.5) is 9.59 Å². The minimum atomic E-state index is -1.18. The molecule has 2 saturated heterocycles. The molecule has 2 heterocycles. The van der Waals surface area contributed by atoms with Crippen molar-refractivity contribution in [2.45, 2.75) is 59.6 Å². The summed E-state index contributed by atoms with van der Waals surface area (Å²) in [6, 6.07) is -0.450. The van der Waals surface area contributed by atoms with Crippen LogP contribution in [-0.4, -0.2) is 82.6 Å². The summed E-state index contributed by atoms with van der Waals surface area (Å²) in [7, 11) is 0. The van der Waals surface area contributed by atoms with Crippen LogP contribution in [0.1, 0.15) is 48.5 Å². The lowest BCUT2D eigenvalue weighted by Gasteiger charge is -2.42. The predicted octanol–water partition coefficient (Wildman–Crippen LogP) is 1.85. The second kappa shape index (κ2) is 7.25. The van der Waals surface area contributed by atoms with Crippen LogP contribution < -0.4 is 0 Å². The maximum atomic E-state index is 13.1. The summed E-state index contributed by atoms with van der Waals surface area (Å²) in [5, 5.41) is 0. The molecule has 0 aromatic rings. The van der Waals surface area contributed by atoms with Crippen LogP contribution in [0.15, 0.2) is 0 Å². The van der Waals surface area contributed by atoms with E-state index in [1.807, 2.05) is 0 Å². The highest BCUT2D eigenvalue weighted by molar-refractivity contribution is 6.07. The van der Waals surface area contributed by atoms with Gasteiger partial charge in [0.2, 0.25) is 0 Å². The summed E-state index contributed by atoms with van der Waals surface area (Å²) in [6.07, 6.45) is -0.515. The van der Waals surface area contributed by atoms with Gasteiger partial charge in [-0.3, -0.25) is 14.5 Å². The number of piperazine rings is 1. The quantitative estimate of drug-likeness (QED) is 0.531. The number of carbonyl (C=O) groups is 4. The van der Waals surface area contributed by atoms with Gasteiger partial charge in [0.15, 0.2) is 0 Å². The van der Waals surface area contributed by atoms with Crippen LogP contribution in [0.5, 0.6) is 0 Å². The van der Waals surface area contributed by atoms with Gasteiger partial charge in [-0.05, 0) is 48.5 Å². The molecule has 0 bridgehead atoms. The van der Waals surface area contributed by atoms with Crippen molar-refractivity contribution in [3.63, 3.8) is 0 Å². The minimum Gasteiger partial charge on any atom is -0.466 e. The van der Waals surface area contributed by atoms with E-state index in [0.717, 1.165) is 4.90 Å². The van der Waals surface area contributed by atoms with Gasteiger partial charge in [-0.15, -0.1) is 0 Å². The maximum absolute atomic E-state index is 13.1. The van der Waals surface area contributed by atoms with E-state index in [4.69, 9.17) is 9.47 Å². The van der Waals surface area contributed by atoms with Crippen molar-refractivity contribution < 1.29 is 28.7 Å². The van der Waals surface area contributed by atoms with Gasteiger partial charge in [-0.2, -0.15) is 0 Å². The molecule has 158 valence electrons. The highest BCUT2D eigenvalue weighted by atomic mass is 16.6. The molecule has 0 saturated carbocycles. The van der Waals surface area contributed by atoms with Crippen molar-refractivity contribution in [3.8, 4) is 0 Å². The van der Waals surface area contributed by atoms with Gasteiger partial charge in [0.05, 0.1) is 18.6 Å². The van der Waals surface area contributed by atoms with Crippen molar-refractivity contribution >= 4 is 24.0 Å². The second-order valence-corrected chi connectivity index (χ2v) is 9.11. The Kier molecular flexibility index (Phi) is 5.69. The van der Waals surface area contributed by atoms with E-state index in [0.29, 0.717) is 0 Å². The van der Waals surface area contributed by atoms with Crippen molar-refractivity contribution in [3.05, 3.63) is 0 Å². The monoisotopic (exact) mass is 397 g/mol. The summed E-state index contributed by atoms with van der Waals surface area (Å²) in [6.45, 7) is 12.6. The number of ether oxygens (including phenoxy) is 2. The van der Waals surface area contributed by atoms with Crippen LogP contribution in [0, 0.1) is 5.41 Å². The Balaban J connectivity index is 2.19. The van der Waals surface area contributed by atoms with Crippen molar-refractivity contribution in [2.24, 2.45) is 5.41 Å². The number of fused-ring (bicyclic) bond motifs is 1. The highest BCUT2D eigenvalue weighted by Crippen LogP contribution is 2.34. The number of carbonyl (C=O) groups excluding carboxylic acids is 4. The number of nitrogens with zero attached hydrogens (tertiary/aromatic N) is 3. The molecule has 2 aliphatic heterocycles. The van der Waals surface area contributed by atoms with Gasteiger partial charge in [-0.25, -0.2) is 9.59 Å². The zero-order valence-corrected chi connectivity index (χ0v) is 17.8. The van der Waals surface area contributed by atoms with Gasteiger partial charge in [0, 0.05) is 19.6 Å². The number of rotatable bonds is 4. The van der Waals surface area contributed by atoms with E-state index >= 15 is 0 Å². The van der Waals surface area contributed by atoms with Crippen molar-refractivity contribution in [2.75, 3.05) is 32.8 Å². The SMILES string of the molecule is CCOC(=O)C(C)(C)CN1C(=O)N2CCN(C(=O)OC(C)(C)C)CC2(C)C1=O. The fourth-order valence-electron chi connectivity index (χ4n) is 3.42. The fraction of sp³-hybridized carbons (Fsp3) is 0.789. The molecule has 2 fully saturated rings. The molecule has 28 heavy (non-hydrogen) atoms. The number of hydrogen-bond donors (Lipinski definition) is 0. The molecule has 4 amide bonds. The molecular formula is C19H31N3O6. The first-order valence-corrected chi connectivity index (χ1v) is 9.51. The molecule has 1 unspecified atom stereocenters. The summed E-state index contributed by atoms with van der Waals surface area (Å²) in [5.41, 5.74) is -2.87. The molecule has 0 aromatic heterocycles. The first kappa shape index (κ1) is 22.0. The van der Waals surface area contributed by atoms with E-state index in [1.165, 1.54) is 9.80 Å². The molecule has 0 radical (unpaired) electrons. The molecule has 0 aromatic carbocycles. The molecular weight excluding hydrogens is 366 g/mol. The Bertz CT molecular complexity index is 684. The molecule has 0 spiro atoms. The predicted molar refractivity (Wildman–Crippen MR) is 100 cm³/mol. The van der Waals surface area contributed by atoms with Crippen LogP contribution in [-0.2, 0) is 19.1 Å². The van der Waals surface area contributed by atoms with Crippen LogP contribution in [0.2, 0.25) is 0 Å². The highest BCUT2D eigenvalue weighted by Gasteiger charge is 2.58. The fourth-order valence-corrected chi connectivity index (χ4v) is 3.42. The summed E-state index contributed by atoms with van der Waals surface area (Å²) in [5.74, 6) is -0.899. The van der Waals surface area contributed by atoms with E-state index in [-0.39, 0.29) is 32.8 Å². The maximum Gasteiger partial charge on any atom is 0.410 e. The molecule has 2 aliphatic rings. The number of hydrogen-bond acceptors (Lipinski definition) is 6. The third-order valence-corrected chi connectivity index (χ3v) is 4.89. The van der Waals surface area contributed by atoms with E-state index < -0.39 is 40.6 Å². The Morgan fingerprint density at radius 2 is 1.71 bits per heavy atom. The lowest BCUT2D eigenvalue weighted by molar-refractivity contribution is -0.154. The Morgan fingerprint density at radius 1 is 1.11 bits per heavy atom. The number of esters is 1. The third-order valence-electron chi connectivity index (χ3n) is 4.89. The molecule has 0 N–H and O–H groups in total. The zero-order chi connectivity index (χ0) is 21.5. The van der Waals surface area contributed by atoms with Gasteiger partial charge < -0.3 is 19.3 Å². The standard InChI is InChI=1S/C19H31N3O6/c1-8-27-14(24)18(5,6)11-21-13(23)19(7)12-20(9-10-22(19)15(21)25)16(26)28-17(2,3)4/h8-12H2,1-7H3. The first-order valence-electron chi connectivity index (χ1n) is 9.51. The molecule has 2 rings (SSSR count). The average molecular weight is 397 g/mol. The normalized spacial score (nSPS) is 23.0. The van der Waals surface area contributed by atoms with E-state index in [2.05, 4.69) is 0 Å². The largest absolute Gasteiger partial charge is 0.466 e. The Hall–Kier alpha value is -2.32. The number of imide groups is 1. The van der Waals surface area contributed by atoms with Crippen molar-refractivity contribution in [1.29, 1.82) is 0 Å². The van der Waals surface area contributed by atoms with E-state index in [9.17, 15) is 19.2 Å². The lowest BCUT2D eigenvalue weighted by Crippen LogP contribution is -2.62. The second-order valence-electron chi connectivity index (χ2n) is 9.11. The van der Waals surface area contributed by atoms with Crippen molar-refractivity contribution in [1.82, 2.24) is 14.7 Å². The topological polar surface area (TPSA) is 96.5 Å². The number of amides is 4. The molecule has 9 heteroatoms. The lowest BCUT2D eigenvalue weighted by atomic mass is 9.92. The Morgan fingerprint density at radius 3 is 2.25 bits per heavy atom. The van der Waals surface area contributed by atoms with Gasteiger partial charge >= 0.3 is 18.1 Å². The summed E-state index contributed by atoms with van der Waals surface area (Å²) >= 11 is 0. The number of urea groups is 1. The van der Waals surface area contributed by atoms with Gasteiger partial charge in [0.1, 0.15) is 11.1 Å². The summed E-state index contributed by atoms with van der Waals surface area (Å²) in [4.78, 5) is 54.6. The Labute approximate surface area is 165 Å². The molecule has 1 atom stereocenters. The molecule has 9 nitrogen and oxygen atoms in total. The third kappa shape index (κ3) is 4.07. The summed E-state index contributed by atoms with van der Waals surface area (Å²) < 4.78 is 10.5. The van der Waals surface area contributed by atoms with Crippen LogP contribution >= 0.6 is 0 Å². The van der Waals surface area contributed by atoms with Crippen LogP contribution in [0.25, 0.3) is 0 Å². The smallest absolute Gasteiger partial charge is 0.410 e. The molecule has 0 aliphatic carbocycles. The average Bonchev–Trinajstić information content (AvgIpc) is 2.73. The minimum absolute atomic E-state index is 0.0445. The zero-order valence-electron chi connectivity index (χ0n) is 17.8. The first-order chi connectivity index (χ1) is 12.7. The van der Waals surface area contributed by atoms with E-state index in [1.54, 1.807) is 48.5 Å². The van der Waals surface area contributed by atoms with Crippen LogP contribution in [0.3, 0.4) is 0 Å². The van der Waals surface area contributed by atoms with Gasteiger partial charge in [-0.1, -0.05) is 0 Å². The van der Waals surface area contributed by atoms with Gasteiger partial charge in [0.25, 0.3) is 5.91 Å².